The number of imide groups is 1. The fourth-order valence-corrected chi connectivity index (χ4v) is 4.29. The zero-order valence-electron chi connectivity index (χ0n) is 20.1. The molecule has 1 aliphatic carbocycles. The van der Waals surface area contributed by atoms with Crippen molar-refractivity contribution in [2.24, 2.45) is 0 Å². The lowest BCUT2D eigenvalue weighted by Gasteiger charge is -2.08. The molecule has 0 saturated carbocycles. The molecule has 1 unspecified atom stereocenters. The number of amides is 4. The largest absolute Gasteiger partial charge is 0.497 e. The molecule has 2 aromatic heterocycles. The SMILES string of the molecule is COC1=CC2=C(CC=C1)CN(C)C2=O.Nc1nccc(-c2ccc3oc(C4NC(=O)NC4=O)cc3c2)n1. The van der Waals surface area contributed by atoms with Crippen molar-refractivity contribution < 1.29 is 23.5 Å². The van der Waals surface area contributed by atoms with E-state index < -0.39 is 18.0 Å². The number of anilines is 1. The molecule has 6 rings (SSSR count). The summed E-state index contributed by atoms with van der Waals surface area (Å²) in [6, 6.07) is 7.62. The number of nitrogens with zero attached hydrogens (tertiary/aromatic N) is 3. The molecule has 11 heteroatoms. The summed E-state index contributed by atoms with van der Waals surface area (Å²) in [6.07, 6.45) is 8.19. The standard InChI is InChI=1S/C15H11N5O3.C11H13NO2/c16-14-17-4-3-9(18-14)7-1-2-10-8(5-7)6-11(23-10)12-13(21)20-15(22)19-12;1-12-7-8-4-3-5-9(14-2)6-10(8)11(12)13/h1-6,12H,(H2,16,17,18)(H2,19,20,21,22);3,5-6H,4,7H2,1-2H3. The van der Waals surface area contributed by atoms with Gasteiger partial charge in [-0.3, -0.25) is 14.9 Å². The quantitative estimate of drug-likeness (QED) is 0.464. The van der Waals surface area contributed by atoms with E-state index in [2.05, 4.69) is 20.6 Å². The van der Waals surface area contributed by atoms with Crippen LogP contribution in [-0.4, -0.2) is 53.4 Å². The molecule has 3 aliphatic rings. The molecule has 3 aromatic rings. The topological polar surface area (TPSA) is 153 Å². The second-order valence-corrected chi connectivity index (χ2v) is 8.63. The lowest BCUT2D eigenvalue weighted by molar-refractivity contribution is -0.124. The Labute approximate surface area is 211 Å². The number of rotatable bonds is 3. The smallest absolute Gasteiger partial charge is 0.322 e. The van der Waals surface area contributed by atoms with Gasteiger partial charge in [-0.05, 0) is 54.5 Å². The Kier molecular flexibility index (Phi) is 6.18. The Hall–Kier alpha value is -4.93. The molecule has 11 nitrogen and oxygen atoms in total. The zero-order valence-corrected chi connectivity index (χ0v) is 20.1. The number of methoxy groups -OCH3 is 1. The molecule has 37 heavy (non-hydrogen) atoms. The van der Waals surface area contributed by atoms with Gasteiger partial charge in [-0.1, -0.05) is 6.08 Å². The first-order chi connectivity index (χ1) is 17.8. The number of allylic oxidation sites excluding steroid dienone is 2. The second-order valence-electron chi connectivity index (χ2n) is 8.63. The Morgan fingerprint density at radius 3 is 2.76 bits per heavy atom. The minimum Gasteiger partial charge on any atom is -0.497 e. The molecule has 0 spiro atoms. The maximum atomic E-state index is 11.7. The normalized spacial score (nSPS) is 18.6. The summed E-state index contributed by atoms with van der Waals surface area (Å²) in [6.45, 7) is 0.742. The molecule has 4 amide bonds. The van der Waals surface area contributed by atoms with Crippen LogP contribution in [0.4, 0.5) is 10.7 Å². The number of ether oxygens (including phenoxy) is 1. The number of nitrogen functional groups attached to an aromatic ring is 1. The lowest BCUT2D eigenvalue weighted by atomic mass is 10.1. The summed E-state index contributed by atoms with van der Waals surface area (Å²) in [4.78, 5) is 44.4. The second kappa shape index (κ2) is 9.61. The molecule has 188 valence electrons. The van der Waals surface area contributed by atoms with Gasteiger partial charge < -0.3 is 25.1 Å². The average Bonchev–Trinajstić information content (AvgIpc) is 3.48. The summed E-state index contributed by atoms with van der Waals surface area (Å²) in [7, 11) is 3.44. The number of benzene rings is 1. The van der Waals surface area contributed by atoms with E-state index in [0.29, 0.717) is 17.0 Å². The van der Waals surface area contributed by atoms with Gasteiger partial charge in [0, 0.05) is 36.3 Å². The number of urea groups is 1. The van der Waals surface area contributed by atoms with E-state index >= 15 is 0 Å². The highest BCUT2D eigenvalue weighted by Crippen LogP contribution is 2.29. The highest BCUT2D eigenvalue weighted by atomic mass is 16.5. The molecule has 0 bridgehead atoms. The van der Waals surface area contributed by atoms with Crippen molar-refractivity contribution in [2.45, 2.75) is 12.5 Å². The van der Waals surface area contributed by atoms with Gasteiger partial charge in [-0.25, -0.2) is 14.8 Å². The Morgan fingerprint density at radius 1 is 1.19 bits per heavy atom. The Bertz CT molecular complexity index is 1520. The maximum absolute atomic E-state index is 11.7. The van der Waals surface area contributed by atoms with Gasteiger partial charge in [0.25, 0.3) is 11.8 Å². The van der Waals surface area contributed by atoms with Crippen molar-refractivity contribution in [3.05, 3.63) is 77.4 Å². The molecular weight excluding hydrogens is 476 g/mol. The first-order valence-electron chi connectivity index (χ1n) is 11.5. The van der Waals surface area contributed by atoms with Crippen molar-refractivity contribution in [3.8, 4) is 11.3 Å². The van der Waals surface area contributed by atoms with E-state index in [0.717, 1.165) is 35.2 Å². The van der Waals surface area contributed by atoms with Gasteiger partial charge in [0.2, 0.25) is 5.95 Å². The fourth-order valence-electron chi connectivity index (χ4n) is 4.29. The summed E-state index contributed by atoms with van der Waals surface area (Å²) < 4.78 is 10.8. The van der Waals surface area contributed by atoms with Crippen molar-refractivity contribution in [1.82, 2.24) is 25.5 Å². The van der Waals surface area contributed by atoms with Crippen LogP contribution < -0.4 is 16.4 Å². The number of nitrogens with one attached hydrogen (secondary N) is 2. The first kappa shape index (κ1) is 23.8. The minimum atomic E-state index is -0.812. The zero-order chi connectivity index (χ0) is 26.1. The van der Waals surface area contributed by atoms with Crippen LogP contribution in [0.2, 0.25) is 0 Å². The number of carbonyl (C=O) groups is 3. The summed E-state index contributed by atoms with van der Waals surface area (Å²) in [5, 5.41) is 5.47. The van der Waals surface area contributed by atoms with Gasteiger partial charge >= 0.3 is 6.03 Å². The van der Waals surface area contributed by atoms with Crippen molar-refractivity contribution in [1.29, 1.82) is 0 Å². The third kappa shape index (κ3) is 4.79. The molecule has 1 fully saturated rings. The highest BCUT2D eigenvalue weighted by molar-refractivity contribution is 6.04. The third-order valence-electron chi connectivity index (χ3n) is 6.12. The number of furan rings is 1. The van der Waals surface area contributed by atoms with Crippen LogP contribution in [-0.2, 0) is 14.3 Å². The fraction of sp³-hybridized carbons (Fsp3) is 0.192. The first-order valence-corrected chi connectivity index (χ1v) is 11.5. The van der Waals surface area contributed by atoms with E-state index in [1.165, 1.54) is 5.57 Å². The predicted octanol–water partition coefficient (Wildman–Crippen LogP) is 2.60. The number of carbonyl (C=O) groups excluding carboxylic acids is 3. The summed E-state index contributed by atoms with van der Waals surface area (Å²) >= 11 is 0. The molecule has 1 atom stereocenters. The predicted molar refractivity (Wildman–Crippen MR) is 135 cm³/mol. The molecular formula is C26H24N6O5. The van der Waals surface area contributed by atoms with Crippen LogP contribution in [0, 0.1) is 0 Å². The van der Waals surface area contributed by atoms with E-state index in [9.17, 15) is 14.4 Å². The Balaban J connectivity index is 0.000000171. The van der Waals surface area contributed by atoms with E-state index in [4.69, 9.17) is 14.9 Å². The van der Waals surface area contributed by atoms with E-state index in [1.807, 2.05) is 37.4 Å². The number of hydrogen-bond donors (Lipinski definition) is 3. The van der Waals surface area contributed by atoms with Crippen LogP contribution in [0.15, 0.2) is 76.1 Å². The number of fused-ring (bicyclic) bond motifs is 1. The van der Waals surface area contributed by atoms with Crippen LogP contribution >= 0.6 is 0 Å². The lowest BCUT2D eigenvalue weighted by Crippen LogP contribution is -2.22. The van der Waals surface area contributed by atoms with Crippen LogP contribution in [0.1, 0.15) is 18.2 Å². The van der Waals surface area contributed by atoms with Gasteiger partial charge in [-0.15, -0.1) is 0 Å². The Morgan fingerprint density at radius 2 is 2.03 bits per heavy atom. The van der Waals surface area contributed by atoms with Crippen molar-refractivity contribution in [2.75, 3.05) is 26.4 Å². The minimum absolute atomic E-state index is 0.0956. The maximum Gasteiger partial charge on any atom is 0.322 e. The van der Waals surface area contributed by atoms with Crippen LogP contribution in [0.3, 0.4) is 0 Å². The van der Waals surface area contributed by atoms with E-state index in [-0.39, 0.29) is 11.9 Å². The highest BCUT2D eigenvalue weighted by Gasteiger charge is 2.33. The van der Waals surface area contributed by atoms with Crippen molar-refractivity contribution >= 4 is 34.8 Å². The van der Waals surface area contributed by atoms with E-state index in [1.54, 1.807) is 36.4 Å². The number of aromatic nitrogens is 2. The van der Waals surface area contributed by atoms with Gasteiger partial charge in [0.15, 0.2) is 6.04 Å². The molecule has 1 saturated heterocycles. The third-order valence-corrected chi connectivity index (χ3v) is 6.12. The molecule has 0 radical (unpaired) electrons. The van der Waals surface area contributed by atoms with Crippen LogP contribution in [0.25, 0.3) is 22.2 Å². The average molecular weight is 501 g/mol. The van der Waals surface area contributed by atoms with Gasteiger partial charge in [0.1, 0.15) is 17.1 Å². The molecule has 4 heterocycles. The summed E-state index contributed by atoms with van der Waals surface area (Å²) in [5.41, 5.74) is 9.73. The monoisotopic (exact) mass is 500 g/mol. The summed E-state index contributed by atoms with van der Waals surface area (Å²) in [5.74, 6) is 0.985. The molecule has 2 aliphatic heterocycles. The van der Waals surface area contributed by atoms with Crippen molar-refractivity contribution in [3.63, 3.8) is 0 Å². The molecule has 4 N–H and O–H groups in total. The number of likely N-dealkylation sites (N-methyl/N-ethyl adjacent to an activating group) is 1. The van der Waals surface area contributed by atoms with Gasteiger partial charge in [-0.2, -0.15) is 0 Å². The number of nitrogens with two attached hydrogens (primary N) is 1. The van der Waals surface area contributed by atoms with Gasteiger partial charge in [0.05, 0.1) is 12.8 Å². The van der Waals surface area contributed by atoms with Crippen LogP contribution in [0.5, 0.6) is 0 Å². The number of hydrogen-bond acceptors (Lipinski definition) is 8. The molecule has 1 aromatic carbocycles.